The minimum absolute atomic E-state index is 0.137. The second-order valence-electron chi connectivity index (χ2n) is 2.88. The highest BCUT2D eigenvalue weighted by Gasteiger charge is 2.12. The van der Waals surface area contributed by atoms with Gasteiger partial charge in [-0.15, -0.1) is 0 Å². The van der Waals surface area contributed by atoms with Gasteiger partial charge in [0.1, 0.15) is 0 Å². The standard InChI is InChI=1S/C10H8INOS/c11-8-3-1-2-4-9(8)12-7-5-10(13)14-6-7/h1-5,12H,6H2. The molecule has 0 saturated heterocycles. The number of halogens is 1. The summed E-state index contributed by atoms with van der Waals surface area (Å²) in [5.41, 5.74) is 2.05. The molecule has 0 bridgehead atoms. The Morgan fingerprint density at radius 3 is 2.79 bits per heavy atom. The van der Waals surface area contributed by atoms with Gasteiger partial charge in [0.05, 0.1) is 5.69 Å². The lowest BCUT2D eigenvalue weighted by molar-refractivity contribution is -0.106. The van der Waals surface area contributed by atoms with Crippen LogP contribution in [0.5, 0.6) is 0 Å². The monoisotopic (exact) mass is 317 g/mol. The SMILES string of the molecule is O=C1C=C(Nc2ccccc2I)CS1. The highest BCUT2D eigenvalue weighted by atomic mass is 127. The second kappa shape index (κ2) is 4.35. The largest absolute Gasteiger partial charge is 0.357 e. The number of carbonyl (C=O) groups excluding carboxylic acids is 1. The Bertz CT molecular complexity index is 403. The third-order valence-corrected chi connectivity index (χ3v) is 3.63. The summed E-state index contributed by atoms with van der Waals surface area (Å²) in [5.74, 6) is 0.754. The molecule has 2 rings (SSSR count). The predicted octanol–water partition coefficient (Wildman–Crippen LogP) is 2.86. The van der Waals surface area contributed by atoms with E-state index in [9.17, 15) is 4.79 Å². The molecule has 1 aliphatic rings. The molecule has 0 atom stereocenters. The quantitative estimate of drug-likeness (QED) is 0.851. The van der Waals surface area contributed by atoms with Crippen molar-refractivity contribution in [3.63, 3.8) is 0 Å². The summed E-state index contributed by atoms with van der Waals surface area (Å²) in [7, 11) is 0. The van der Waals surface area contributed by atoms with Gasteiger partial charge < -0.3 is 5.32 Å². The highest BCUT2D eigenvalue weighted by molar-refractivity contribution is 14.1. The van der Waals surface area contributed by atoms with Gasteiger partial charge in [-0.3, -0.25) is 4.79 Å². The summed E-state index contributed by atoms with van der Waals surface area (Å²) in [4.78, 5) is 11.0. The number of anilines is 1. The number of hydrogen-bond donors (Lipinski definition) is 1. The second-order valence-corrected chi connectivity index (χ2v) is 5.02. The maximum absolute atomic E-state index is 11.0. The van der Waals surface area contributed by atoms with Gasteiger partial charge in [0.2, 0.25) is 5.12 Å². The zero-order valence-corrected chi connectivity index (χ0v) is 10.3. The van der Waals surface area contributed by atoms with E-state index in [1.807, 2.05) is 24.3 Å². The van der Waals surface area contributed by atoms with E-state index in [2.05, 4.69) is 27.9 Å². The topological polar surface area (TPSA) is 29.1 Å². The number of benzene rings is 1. The average Bonchev–Trinajstić information content (AvgIpc) is 2.56. The van der Waals surface area contributed by atoms with Crippen LogP contribution in [-0.2, 0) is 4.79 Å². The molecule has 1 aromatic carbocycles. The van der Waals surface area contributed by atoms with Crippen molar-refractivity contribution < 1.29 is 4.79 Å². The first kappa shape index (κ1) is 10.0. The lowest BCUT2D eigenvalue weighted by Gasteiger charge is -2.07. The Hall–Kier alpha value is -0.490. The van der Waals surface area contributed by atoms with E-state index >= 15 is 0 Å². The van der Waals surface area contributed by atoms with Gasteiger partial charge in [-0.2, -0.15) is 0 Å². The molecule has 14 heavy (non-hydrogen) atoms. The smallest absolute Gasteiger partial charge is 0.214 e. The van der Waals surface area contributed by atoms with Crippen LogP contribution in [-0.4, -0.2) is 10.9 Å². The maximum atomic E-state index is 11.0. The minimum atomic E-state index is 0.137. The number of thioether (sulfide) groups is 1. The third-order valence-electron chi connectivity index (χ3n) is 1.83. The molecular formula is C10H8INOS. The van der Waals surface area contributed by atoms with Gasteiger partial charge >= 0.3 is 0 Å². The molecule has 0 aliphatic carbocycles. The summed E-state index contributed by atoms with van der Waals surface area (Å²) in [6, 6.07) is 8.02. The molecular weight excluding hydrogens is 309 g/mol. The first-order valence-corrected chi connectivity index (χ1v) is 6.21. The molecule has 1 heterocycles. The Morgan fingerprint density at radius 2 is 2.14 bits per heavy atom. The van der Waals surface area contributed by atoms with Crippen molar-refractivity contribution in [3.05, 3.63) is 39.6 Å². The summed E-state index contributed by atoms with van der Waals surface area (Å²) >= 11 is 3.60. The normalized spacial score (nSPS) is 15.5. The summed E-state index contributed by atoms with van der Waals surface area (Å²) < 4.78 is 1.16. The summed E-state index contributed by atoms with van der Waals surface area (Å²) in [6.45, 7) is 0. The van der Waals surface area contributed by atoms with Crippen molar-refractivity contribution in [2.75, 3.05) is 11.1 Å². The number of rotatable bonds is 2. The van der Waals surface area contributed by atoms with Crippen LogP contribution >= 0.6 is 34.4 Å². The molecule has 0 amide bonds. The highest BCUT2D eigenvalue weighted by Crippen LogP contribution is 2.24. The van der Waals surface area contributed by atoms with Crippen LogP contribution in [0.1, 0.15) is 0 Å². The molecule has 2 nitrogen and oxygen atoms in total. The van der Waals surface area contributed by atoms with Crippen LogP contribution in [0, 0.1) is 3.57 Å². The Labute approximate surface area is 100 Å². The van der Waals surface area contributed by atoms with E-state index < -0.39 is 0 Å². The Kier molecular flexibility index (Phi) is 3.12. The number of hydrogen-bond acceptors (Lipinski definition) is 3. The zero-order valence-electron chi connectivity index (χ0n) is 7.29. The van der Waals surface area contributed by atoms with E-state index in [4.69, 9.17) is 0 Å². The van der Waals surface area contributed by atoms with Crippen molar-refractivity contribution in [2.24, 2.45) is 0 Å². The predicted molar refractivity (Wildman–Crippen MR) is 68.3 cm³/mol. The molecule has 0 unspecified atom stereocenters. The molecule has 72 valence electrons. The first-order valence-electron chi connectivity index (χ1n) is 4.14. The van der Waals surface area contributed by atoms with Crippen LogP contribution in [0.25, 0.3) is 0 Å². The number of carbonyl (C=O) groups is 1. The lowest BCUT2D eigenvalue weighted by atomic mass is 10.3. The van der Waals surface area contributed by atoms with Crippen molar-refractivity contribution in [1.82, 2.24) is 0 Å². The molecule has 0 spiro atoms. The fourth-order valence-electron chi connectivity index (χ4n) is 1.18. The lowest BCUT2D eigenvalue weighted by Crippen LogP contribution is -2.00. The Morgan fingerprint density at radius 1 is 1.36 bits per heavy atom. The van der Waals surface area contributed by atoms with Crippen LogP contribution in [0.3, 0.4) is 0 Å². The van der Waals surface area contributed by atoms with Crippen molar-refractivity contribution >= 4 is 45.2 Å². The van der Waals surface area contributed by atoms with Crippen LogP contribution in [0.2, 0.25) is 0 Å². The molecule has 4 heteroatoms. The molecule has 1 aliphatic heterocycles. The van der Waals surface area contributed by atoms with Gasteiger partial charge in [-0.1, -0.05) is 23.9 Å². The molecule has 1 N–H and O–H groups in total. The molecule has 0 fully saturated rings. The zero-order chi connectivity index (χ0) is 9.97. The molecule has 0 aromatic heterocycles. The van der Waals surface area contributed by atoms with Crippen molar-refractivity contribution in [2.45, 2.75) is 0 Å². The third kappa shape index (κ3) is 2.30. The Balaban J connectivity index is 2.15. The van der Waals surface area contributed by atoms with Gasteiger partial charge in [0.15, 0.2) is 0 Å². The average molecular weight is 317 g/mol. The van der Waals surface area contributed by atoms with Gasteiger partial charge in [0.25, 0.3) is 0 Å². The van der Waals surface area contributed by atoms with E-state index in [0.717, 1.165) is 20.7 Å². The van der Waals surface area contributed by atoms with E-state index in [1.165, 1.54) is 11.8 Å². The maximum Gasteiger partial charge on any atom is 0.214 e. The molecule has 1 aromatic rings. The van der Waals surface area contributed by atoms with Crippen LogP contribution in [0.4, 0.5) is 5.69 Å². The van der Waals surface area contributed by atoms with E-state index in [-0.39, 0.29) is 5.12 Å². The van der Waals surface area contributed by atoms with E-state index in [1.54, 1.807) is 6.08 Å². The van der Waals surface area contributed by atoms with Crippen molar-refractivity contribution in [1.29, 1.82) is 0 Å². The van der Waals surface area contributed by atoms with Crippen LogP contribution < -0.4 is 5.32 Å². The van der Waals surface area contributed by atoms with Gasteiger partial charge in [-0.25, -0.2) is 0 Å². The number of para-hydroxylation sites is 1. The van der Waals surface area contributed by atoms with Gasteiger partial charge in [-0.05, 0) is 34.7 Å². The minimum Gasteiger partial charge on any atom is -0.357 e. The summed E-state index contributed by atoms with van der Waals surface area (Å²) in [5, 5.41) is 3.39. The molecule has 0 radical (unpaired) electrons. The summed E-state index contributed by atoms with van der Waals surface area (Å²) in [6.07, 6.45) is 1.66. The fourth-order valence-corrected chi connectivity index (χ4v) is 2.38. The molecule has 0 saturated carbocycles. The van der Waals surface area contributed by atoms with Crippen molar-refractivity contribution in [3.8, 4) is 0 Å². The number of nitrogens with one attached hydrogen (secondary N) is 1. The van der Waals surface area contributed by atoms with Gasteiger partial charge in [0, 0.05) is 21.1 Å². The fraction of sp³-hybridized carbons (Fsp3) is 0.100. The first-order chi connectivity index (χ1) is 6.75. The van der Waals surface area contributed by atoms with Crippen LogP contribution in [0.15, 0.2) is 36.0 Å². The van der Waals surface area contributed by atoms with E-state index in [0.29, 0.717) is 0 Å².